The Kier molecular flexibility index (Phi) is 3.11. The van der Waals surface area contributed by atoms with Crippen LogP contribution in [0.4, 0.5) is 5.69 Å². The number of amides is 1. The van der Waals surface area contributed by atoms with Crippen molar-refractivity contribution in [2.45, 2.75) is 13.8 Å². The Morgan fingerprint density at radius 3 is 2.95 bits per heavy atom. The molecular weight excluding hydrogens is 276 g/mol. The minimum absolute atomic E-state index is 0.244. The van der Waals surface area contributed by atoms with Gasteiger partial charge in [-0.1, -0.05) is 11.2 Å². The van der Waals surface area contributed by atoms with E-state index in [2.05, 4.69) is 20.7 Å². The largest absolute Gasteiger partial charge is 0.355 e. The van der Waals surface area contributed by atoms with E-state index in [0.717, 1.165) is 16.3 Å². The number of hydrogen-bond donors (Lipinski definition) is 2. The Hall–Kier alpha value is -2.41. The lowest BCUT2D eigenvalue weighted by Gasteiger charge is -2.01. The summed E-state index contributed by atoms with van der Waals surface area (Å²) in [6.07, 6.45) is 0. The number of aryl methyl sites for hydroxylation is 2. The third-order valence-electron chi connectivity index (χ3n) is 2.87. The van der Waals surface area contributed by atoms with Gasteiger partial charge in [-0.15, -0.1) is 11.3 Å². The molecule has 1 amide bonds. The van der Waals surface area contributed by atoms with Crippen LogP contribution >= 0.6 is 11.3 Å². The van der Waals surface area contributed by atoms with Crippen molar-refractivity contribution < 1.29 is 9.32 Å². The number of nitrogens with zero attached hydrogens (tertiary/aromatic N) is 2. The fraction of sp³-hybridized carbons (Fsp3) is 0.154. The molecule has 0 atom stereocenters. The SMILES string of the molecule is Cc1n[nH]c(C)c1NC(=O)c1cc(-c2cccs2)on1. The number of rotatable bonds is 3. The van der Waals surface area contributed by atoms with Crippen LogP contribution < -0.4 is 5.32 Å². The quantitative estimate of drug-likeness (QED) is 0.776. The lowest BCUT2D eigenvalue weighted by atomic mass is 10.3. The molecule has 0 aliphatic rings. The molecule has 0 spiro atoms. The van der Waals surface area contributed by atoms with E-state index in [1.54, 1.807) is 6.07 Å². The van der Waals surface area contributed by atoms with Gasteiger partial charge in [-0.2, -0.15) is 5.10 Å². The van der Waals surface area contributed by atoms with E-state index in [9.17, 15) is 4.79 Å². The highest BCUT2D eigenvalue weighted by Crippen LogP contribution is 2.25. The van der Waals surface area contributed by atoms with Crippen LogP contribution in [0, 0.1) is 13.8 Å². The molecule has 7 heteroatoms. The van der Waals surface area contributed by atoms with Crippen molar-refractivity contribution in [1.29, 1.82) is 0 Å². The van der Waals surface area contributed by atoms with Crippen molar-refractivity contribution in [2.75, 3.05) is 5.32 Å². The summed E-state index contributed by atoms with van der Waals surface area (Å²) in [6, 6.07) is 5.46. The lowest BCUT2D eigenvalue weighted by Crippen LogP contribution is -2.13. The molecule has 0 saturated carbocycles. The summed E-state index contributed by atoms with van der Waals surface area (Å²) < 4.78 is 5.19. The van der Waals surface area contributed by atoms with Gasteiger partial charge >= 0.3 is 0 Å². The fourth-order valence-electron chi connectivity index (χ4n) is 1.83. The number of H-pyrrole nitrogens is 1. The van der Waals surface area contributed by atoms with E-state index in [0.29, 0.717) is 11.4 Å². The minimum atomic E-state index is -0.316. The molecule has 0 radical (unpaired) electrons. The highest BCUT2D eigenvalue weighted by atomic mass is 32.1. The van der Waals surface area contributed by atoms with Crippen LogP contribution in [0.25, 0.3) is 10.6 Å². The predicted molar refractivity (Wildman–Crippen MR) is 75.8 cm³/mol. The zero-order chi connectivity index (χ0) is 14.1. The van der Waals surface area contributed by atoms with E-state index in [-0.39, 0.29) is 11.6 Å². The summed E-state index contributed by atoms with van der Waals surface area (Å²) in [4.78, 5) is 13.1. The second kappa shape index (κ2) is 4.93. The molecule has 0 aliphatic carbocycles. The van der Waals surface area contributed by atoms with Gasteiger partial charge in [-0.05, 0) is 25.3 Å². The summed E-state index contributed by atoms with van der Waals surface area (Å²) in [5.74, 6) is 0.273. The number of carbonyl (C=O) groups excluding carboxylic acids is 1. The third kappa shape index (κ3) is 2.23. The first-order valence-electron chi connectivity index (χ1n) is 5.98. The highest BCUT2D eigenvalue weighted by molar-refractivity contribution is 7.13. The maximum atomic E-state index is 12.1. The second-order valence-corrected chi connectivity index (χ2v) is 5.26. The van der Waals surface area contributed by atoms with Crippen LogP contribution in [0.3, 0.4) is 0 Å². The smallest absolute Gasteiger partial charge is 0.277 e. The van der Waals surface area contributed by atoms with Crippen LogP contribution in [-0.2, 0) is 0 Å². The summed E-state index contributed by atoms with van der Waals surface area (Å²) in [5, 5.41) is 15.4. The molecule has 3 aromatic rings. The van der Waals surface area contributed by atoms with Gasteiger partial charge in [0.15, 0.2) is 11.5 Å². The molecule has 3 aromatic heterocycles. The fourth-order valence-corrected chi connectivity index (χ4v) is 2.50. The standard InChI is InChI=1S/C13H12N4O2S/c1-7-12(8(2)16-15-7)14-13(18)9-6-10(19-17-9)11-4-3-5-20-11/h3-6H,1-2H3,(H,14,18)(H,15,16). The predicted octanol–water partition coefficient (Wildman–Crippen LogP) is 3.00. The molecule has 0 aliphatic heterocycles. The molecule has 3 rings (SSSR count). The van der Waals surface area contributed by atoms with Crippen molar-refractivity contribution >= 4 is 22.9 Å². The molecule has 0 bridgehead atoms. The third-order valence-corrected chi connectivity index (χ3v) is 3.76. The average Bonchev–Trinajstić information content (AvgIpc) is 3.14. The molecule has 0 saturated heterocycles. The number of thiophene rings is 1. The van der Waals surface area contributed by atoms with Gasteiger partial charge < -0.3 is 9.84 Å². The van der Waals surface area contributed by atoms with Gasteiger partial charge in [-0.3, -0.25) is 9.89 Å². The number of hydrogen-bond acceptors (Lipinski definition) is 5. The van der Waals surface area contributed by atoms with Crippen LogP contribution in [0.1, 0.15) is 21.9 Å². The van der Waals surface area contributed by atoms with E-state index in [1.807, 2.05) is 31.4 Å². The number of nitrogens with one attached hydrogen (secondary N) is 2. The number of aromatic amines is 1. The van der Waals surface area contributed by atoms with Gasteiger partial charge in [0.1, 0.15) is 0 Å². The van der Waals surface area contributed by atoms with Gasteiger partial charge in [0, 0.05) is 6.07 Å². The van der Waals surface area contributed by atoms with Crippen molar-refractivity contribution in [2.24, 2.45) is 0 Å². The lowest BCUT2D eigenvalue weighted by molar-refractivity contribution is 0.101. The first-order valence-corrected chi connectivity index (χ1v) is 6.86. The Balaban J connectivity index is 1.82. The van der Waals surface area contributed by atoms with E-state index >= 15 is 0 Å². The van der Waals surface area contributed by atoms with Gasteiger partial charge in [0.2, 0.25) is 0 Å². The van der Waals surface area contributed by atoms with Crippen LogP contribution in [0.5, 0.6) is 0 Å². The van der Waals surface area contributed by atoms with Crippen molar-refractivity contribution in [3.05, 3.63) is 40.7 Å². The maximum Gasteiger partial charge on any atom is 0.277 e. The normalized spacial score (nSPS) is 10.7. The molecule has 0 unspecified atom stereocenters. The first-order chi connectivity index (χ1) is 9.65. The number of anilines is 1. The van der Waals surface area contributed by atoms with Gasteiger partial charge in [0.25, 0.3) is 5.91 Å². The van der Waals surface area contributed by atoms with E-state index < -0.39 is 0 Å². The summed E-state index contributed by atoms with van der Waals surface area (Å²) in [7, 11) is 0. The van der Waals surface area contributed by atoms with Crippen molar-refractivity contribution in [3.8, 4) is 10.6 Å². The second-order valence-electron chi connectivity index (χ2n) is 4.32. The van der Waals surface area contributed by atoms with Gasteiger partial charge in [0.05, 0.1) is 22.0 Å². The maximum absolute atomic E-state index is 12.1. The Morgan fingerprint density at radius 2 is 2.30 bits per heavy atom. The van der Waals surface area contributed by atoms with E-state index in [4.69, 9.17) is 4.52 Å². The molecule has 6 nitrogen and oxygen atoms in total. The van der Waals surface area contributed by atoms with Gasteiger partial charge in [-0.25, -0.2) is 0 Å². The van der Waals surface area contributed by atoms with E-state index in [1.165, 1.54) is 11.3 Å². The number of aromatic nitrogens is 3. The highest BCUT2D eigenvalue weighted by Gasteiger charge is 2.17. The first kappa shape index (κ1) is 12.6. The van der Waals surface area contributed by atoms with Crippen molar-refractivity contribution in [3.63, 3.8) is 0 Å². The molecule has 2 N–H and O–H groups in total. The van der Waals surface area contributed by atoms with Crippen LogP contribution in [0.2, 0.25) is 0 Å². The Morgan fingerprint density at radius 1 is 1.45 bits per heavy atom. The van der Waals surface area contributed by atoms with Crippen molar-refractivity contribution in [1.82, 2.24) is 15.4 Å². The molecule has 0 fully saturated rings. The molecule has 0 aromatic carbocycles. The summed E-state index contributed by atoms with van der Waals surface area (Å²) in [6.45, 7) is 3.66. The number of carbonyl (C=O) groups is 1. The molecule has 102 valence electrons. The summed E-state index contributed by atoms with van der Waals surface area (Å²) in [5.41, 5.74) is 2.46. The topological polar surface area (TPSA) is 83.8 Å². The molecular formula is C13H12N4O2S. The van der Waals surface area contributed by atoms with Crippen LogP contribution in [-0.4, -0.2) is 21.3 Å². The minimum Gasteiger partial charge on any atom is -0.355 e. The van der Waals surface area contributed by atoms with Crippen LogP contribution in [0.15, 0.2) is 28.1 Å². The Bertz CT molecular complexity index is 723. The Labute approximate surface area is 118 Å². The monoisotopic (exact) mass is 288 g/mol. The summed E-state index contributed by atoms with van der Waals surface area (Å²) >= 11 is 1.53. The average molecular weight is 288 g/mol. The molecule has 3 heterocycles. The zero-order valence-electron chi connectivity index (χ0n) is 10.9. The zero-order valence-corrected chi connectivity index (χ0v) is 11.7. The molecule has 20 heavy (non-hydrogen) atoms.